The van der Waals surface area contributed by atoms with Crippen molar-refractivity contribution in [3.63, 3.8) is 0 Å². The average Bonchev–Trinajstić information content (AvgIpc) is 2.61. The molecule has 0 atom stereocenters. The molecular formula is C18H17N3O3. The largest absolute Gasteiger partial charge is 0.486 e. The summed E-state index contributed by atoms with van der Waals surface area (Å²) in [4.78, 5) is 18.7. The van der Waals surface area contributed by atoms with Crippen LogP contribution in [0.5, 0.6) is 11.5 Å². The zero-order chi connectivity index (χ0) is 16.5. The third-order valence-electron chi connectivity index (χ3n) is 3.97. The maximum atomic E-state index is 12.2. The topological polar surface area (TPSA) is 56.1 Å². The molecule has 0 aliphatic carbocycles. The highest BCUT2D eigenvalue weighted by Gasteiger charge is 2.13. The van der Waals surface area contributed by atoms with Gasteiger partial charge < -0.3 is 14.4 Å². The molecule has 0 unspecified atom stereocenters. The average molecular weight is 323 g/mol. The quantitative estimate of drug-likeness (QED) is 0.739. The molecule has 0 N–H and O–H groups in total. The SMILES string of the molecule is CN(Cc1ccc2c(c1)OCCO2)c1cc(=O)n2ccccc2n1. The molecule has 0 saturated carbocycles. The maximum Gasteiger partial charge on any atom is 0.259 e. The molecule has 3 aromatic rings. The second-order valence-electron chi connectivity index (χ2n) is 5.72. The van der Waals surface area contributed by atoms with E-state index in [1.54, 1.807) is 12.3 Å². The Hall–Kier alpha value is -3.02. The highest BCUT2D eigenvalue weighted by atomic mass is 16.6. The molecule has 4 rings (SSSR count). The van der Waals surface area contributed by atoms with E-state index in [1.807, 2.05) is 48.3 Å². The number of hydrogen-bond donors (Lipinski definition) is 0. The Morgan fingerprint density at radius 2 is 1.96 bits per heavy atom. The minimum atomic E-state index is -0.0929. The van der Waals surface area contributed by atoms with E-state index in [2.05, 4.69) is 4.98 Å². The Morgan fingerprint density at radius 1 is 1.12 bits per heavy atom. The lowest BCUT2D eigenvalue weighted by Crippen LogP contribution is -2.23. The first-order valence-electron chi connectivity index (χ1n) is 7.79. The fourth-order valence-electron chi connectivity index (χ4n) is 2.78. The van der Waals surface area contributed by atoms with Gasteiger partial charge in [-0.25, -0.2) is 4.98 Å². The standard InChI is InChI=1S/C18H17N3O3/c1-20(12-13-5-6-14-15(10-13)24-9-8-23-14)17-11-18(22)21-7-3-2-4-16(21)19-17/h2-7,10-11H,8-9,12H2,1H3. The molecule has 122 valence electrons. The second kappa shape index (κ2) is 5.88. The van der Waals surface area contributed by atoms with Crippen molar-refractivity contribution in [3.8, 4) is 11.5 Å². The zero-order valence-corrected chi connectivity index (χ0v) is 13.3. The molecule has 0 amide bonds. The van der Waals surface area contributed by atoms with E-state index in [1.165, 1.54) is 4.40 Å². The van der Waals surface area contributed by atoms with Crippen LogP contribution in [0.3, 0.4) is 0 Å². The highest BCUT2D eigenvalue weighted by molar-refractivity contribution is 5.49. The summed E-state index contributed by atoms with van der Waals surface area (Å²) >= 11 is 0. The Labute approximate surface area is 138 Å². The van der Waals surface area contributed by atoms with E-state index in [0.29, 0.717) is 31.2 Å². The van der Waals surface area contributed by atoms with Crippen molar-refractivity contribution in [2.24, 2.45) is 0 Å². The number of rotatable bonds is 3. The Bertz CT molecular complexity index is 952. The number of benzene rings is 1. The summed E-state index contributed by atoms with van der Waals surface area (Å²) in [5, 5.41) is 0. The van der Waals surface area contributed by atoms with Gasteiger partial charge in [0, 0.05) is 25.9 Å². The fourth-order valence-corrected chi connectivity index (χ4v) is 2.78. The predicted molar refractivity (Wildman–Crippen MR) is 91.0 cm³/mol. The van der Waals surface area contributed by atoms with E-state index in [9.17, 15) is 4.79 Å². The first-order valence-corrected chi connectivity index (χ1v) is 7.79. The van der Waals surface area contributed by atoms with Crippen LogP contribution < -0.4 is 19.9 Å². The van der Waals surface area contributed by atoms with Crippen LogP contribution in [0.2, 0.25) is 0 Å². The lowest BCUT2D eigenvalue weighted by molar-refractivity contribution is 0.171. The van der Waals surface area contributed by atoms with Crippen molar-refractivity contribution in [1.29, 1.82) is 0 Å². The first-order chi connectivity index (χ1) is 11.7. The number of anilines is 1. The Kier molecular flexibility index (Phi) is 3.57. The van der Waals surface area contributed by atoms with Crippen LogP contribution in [0.25, 0.3) is 5.65 Å². The monoisotopic (exact) mass is 323 g/mol. The lowest BCUT2D eigenvalue weighted by atomic mass is 10.2. The van der Waals surface area contributed by atoms with Gasteiger partial charge in [-0.2, -0.15) is 0 Å². The summed E-state index contributed by atoms with van der Waals surface area (Å²) in [5.41, 5.74) is 1.61. The summed E-state index contributed by atoms with van der Waals surface area (Å²) in [5.74, 6) is 2.18. The van der Waals surface area contributed by atoms with Gasteiger partial charge in [-0.15, -0.1) is 0 Å². The summed E-state index contributed by atoms with van der Waals surface area (Å²) in [6.45, 7) is 1.76. The molecule has 6 heteroatoms. The normalized spacial score (nSPS) is 13.0. The number of aromatic nitrogens is 2. The minimum absolute atomic E-state index is 0.0929. The Morgan fingerprint density at radius 3 is 2.83 bits per heavy atom. The van der Waals surface area contributed by atoms with Gasteiger partial charge in [0.25, 0.3) is 5.56 Å². The highest BCUT2D eigenvalue weighted by Crippen LogP contribution is 2.31. The molecule has 0 radical (unpaired) electrons. The molecule has 1 aliphatic rings. The van der Waals surface area contributed by atoms with Crippen LogP contribution in [0.15, 0.2) is 53.5 Å². The molecule has 6 nitrogen and oxygen atoms in total. The van der Waals surface area contributed by atoms with Crippen LogP contribution in [0, 0.1) is 0 Å². The predicted octanol–water partition coefficient (Wildman–Crippen LogP) is 2.10. The summed E-state index contributed by atoms with van der Waals surface area (Å²) in [7, 11) is 1.91. The number of nitrogens with zero attached hydrogens (tertiary/aromatic N) is 3. The van der Waals surface area contributed by atoms with Gasteiger partial charge in [-0.05, 0) is 29.8 Å². The van der Waals surface area contributed by atoms with Gasteiger partial charge in [-0.1, -0.05) is 12.1 Å². The first kappa shape index (κ1) is 14.6. The van der Waals surface area contributed by atoms with Crippen molar-refractivity contribution in [2.75, 3.05) is 25.2 Å². The van der Waals surface area contributed by atoms with Crippen molar-refractivity contribution in [2.45, 2.75) is 6.54 Å². The van der Waals surface area contributed by atoms with Gasteiger partial charge in [0.2, 0.25) is 0 Å². The Balaban J connectivity index is 1.62. The van der Waals surface area contributed by atoms with Crippen molar-refractivity contribution >= 4 is 11.5 Å². The molecule has 1 aliphatic heterocycles. The summed E-state index contributed by atoms with van der Waals surface area (Å²) in [6.07, 6.45) is 1.72. The van der Waals surface area contributed by atoms with E-state index < -0.39 is 0 Å². The van der Waals surface area contributed by atoms with Crippen LogP contribution >= 0.6 is 0 Å². The number of fused-ring (bicyclic) bond motifs is 2. The van der Waals surface area contributed by atoms with Gasteiger partial charge >= 0.3 is 0 Å². The molecule has 2 aromatic heterocycles. The van der Waals surface area contributed by atoms with Crippen molar-refractivity contribution < 1.29 is 9.47 Å². The number of pyridine rings is 1. The van der Waals surface area contributed by atoms with E-state index in [0.717, 1.165) is 17.1 Å². The van der Waals surface area contributed by atoms with Gasteiger partial charge in [-0.3, -0.25) is 9.20 Å². The smallest absolute Gasteiger partial charge is 0.259 e. The molecule has 0 bridgehead atoms. The number of ether oxygens (including phenoxy) is 2. The minimum Gasteiger partial charge on any atom is -0.486 e. The molecular weight excluding hydrogens is 306 g/mol. The lowest BCUT2D eigenvalue weighted by Gasteiger charge is -2.21. The molecule has 1 aromatic carbocycles. The third-order valence-corrected chi connectivity index (χ3v) is 3.97. The molecule has 0 fully saturated rings. The van der Waals surface area contributed by atoms with Crippen LogP contribution in [-0.2, 0) is 6.54 Å². The second-order valence-corrected chi connectivity index (χ2v) is 5.72. The van der Waals surface area contributed by atoms with E-state index in [-0.39, 0.29) is 5.56 Å². The maximum absolute atomic E-state index is 12.2. The van der Waals surface area contributed by atoms with E-state index in [4.69, 9.17) is 9.47 Å². The van der Waals surface area contributed by atoms with Gasteiger partial charge in [0.05, 0.1) is 0 Å². The molecule has 3 heterocycles. The summed E-state index contributed by atoms with van der Waals surface area (Å²) in [6, 6.07) is 12.9. The van der Waals surface area contributed by atoms with Crippen LogP contribution in [0.1, 0.15) is 5.56 Å². The van der Waals surface area contributed by atoms with Crippen molar-refractivity contribution in [3.05, 3.63) is 64.6 Å². The fraction of sp³-hybridized carbons (Fsp3) is 0.222. The third kappa shape index (κ3) is 2.67. The molecule has 0 spiro atoms. The van der Waals surface area contributed by atoms with Crippen molar-refractivity contribution in [1.82, 2.24) is 9.38 Å². The summed E-state index contributed by atoms with van der Waals surface area (Å²) < 4.78 is 12.7. The van der Waals surface area contributed by atoms with E-state index >= 15 is 0 Å². The molecule has 0 saturated heterocycles. The van der Waals surface area contributed by atoms with Crippen LogP contribution in [-0.4, -0.2) is 29.6 Å². The van der Waals surface area contributed by atoms with Crippen LogP contribution in [0.4, 0.5) is 5.82 Å². The zero-order valence-electron chi connectivity index (χ0n) is 13.3. The van der Waals surface area contributed by atoms with Gasteiger partial charge in [0.15, 0.2) is 11.5 Å². The number of hydrogen-bond acceptors (Lipinski definition) is 5. The molecule has 24 heavy (non-hydrogen) atoms. The van der Waals surface area contributed by atoms with Gasteiger partial charge in [0.1, 0.15) is 24.7 Å².